The van der Waals surface area contributed by atoms with Crippen molar-refractivity contribution in [1.29, 1.82) is 0 Å². The van der Waals surface area contributed by atoms with Crippen LogP contribution in [0.15, 0.2) is 17.2 Å². The lowest BCUT2D eigenvalue weighted by Gasteiger charge is -2.18. The van der Waals surface area contributed by atoms with Crippen molar-refractivity contribution in [3.8, 4) is 0 Å². The Bertz CT molecular complexity index is 506. The third-order valence-corrected chi connectivity index (χ3v) is 3.03. The number of carboxylic acid groups (broad SMARTS) is 1. The first-order valence-corrected chi connectivity index (χ1v) is 6.07. The summed E-state index contributed by atoms with van der Waals surface area (Å²) >= 11 is 0. The molecule has 1 unspecified atom stereocenters. The van der Waals surface area contributed by atoms with Gasteiger partial charge in [-0.15, -0.1) is 0 Å². The molecule has 1 fully saturated rings. The average molecular weight is 251 g/mol. The first-order chi connectivity index (χ1) is 8.50. The first kappa shape index (κ1) is 12.6. The molecule has 1 atom stereocenters. The summed E-state index contributed by atoms with van der Waals surface area (Å²) in [5, 5.41) is 11.8. The van der Waals surface area contributed by atoms with Crippen molar-refractivity contribution in [1.82, 2.24) is 9.55 Å². The molecule has 6 heteroatoms. The van der Waals surface area contributed by atoms with Gasteiger partial charge in [-0.3, -0.25) is 4.79 Å². The van der Waals surface area contributed by atoms with Gasteiger partial charge in [0.15, 0.2) is 5.82 Å². The normalized spacial score (nSPS) is 16.6. The van der Waals surface area contributed by atoms with Gasteiger partial charge in [-0.1, -0.05) is 13.8 Å². The van der Waals surface area contributed by atoms with E-state index in [2.05, 4.69) is 10.3 Å². The lowest BCUT2D eigenvalue weighted by molar-refractivity contribution is -0.138. The van der Waals surface area contributed by atoms with E-state index in [0.29, 0.717) is 0 Å². The van der Waals surface area contributed by atoms with E-state index in [0.717, 1.165) is 12.8 Å². The van der Waals surface area contributed by atoms with Crippen molar-refractivity contribution in [2.24, 2.45) is 5.92 Å². The minimum atomic E-state index is -0.979. The van der Waals surface area contributed by atoms with Crippen LogP contribution in [0.1, 0.15) is 32.7 Å². The van der Waals surface area contributed by atoms with E-state index < -0.39 is 12.0 Å². The standard InChI is InChI=1S/C12H17N3O3/c1-7(2)9(12(17)18)14-10-11(16)15(6-5-13-10)8-3-4-8/h5-9H,3-4H2,1-2H3,(H,13,14)(H,17,18). The zero-order chi connectivity index (χ0) is 13.3. The van der Waals surface area contributed by atoms with E-state index in [1.807, 2.05) is 0 Å². The van der Waals surface area contributed by atoms with Gasteiger partial charge in [0.1, 0.15) is 6.04 Å². The van der Waals surface area contributed by atoms with E-state index in [9.17, 15) is 9.59 Å². The van der Waals surface area contributed by atoms with Crippen LogP contribution >= 0.6 is 0 Å². The summed E-state index contributed by atoms with van der Waals surface area (Å²) in [6.07, 6.45) is 5.17. The molecule has 18 heavy (non-hydrogen) atoms. The molecule has 0 aliphatic heterocycles. The highest BCUT2D eigenvalue weighted by molar-refractivity contribution is 5.77. The third kappa shape index (κ3) is 2.52. The topological polar surface area (TPSA) is 84.2 Å². The summed E-state index contributed by atoms with van der Waals surface area (Å²) in [6.45, 7) is 3.57. The Kier molecular flexibility index (Phi) is 3.36. The van der Waals surface area contributed by atoms with E-state index in [1.54, 1.807) is 24.6 Å². The Morgan fingerprint density at radius 1 is 1.56 bits per heavy atom. The van der Waals surface area contributed by atoms with Gasteiger partial charge in [0, 0.05) is 18.4 Å². The van der Waals surface area contributed by atoms with Crippen molar-refractivity contribution in [2.75, 3.05) is 5.32 Å². The van der Waals surface area contributed by atoms with Gasteiger partial charge in [-0.05, 0) is 18.8 Å². The second-order valence-electron chi connectivity index (χ2n) is 4.92. The minimum Gasteiger partial charge on any atom is -0.480 e. The molecule has 0 aromatic carbocycles. The quantitative estimate of drug-likeness (QED) is 0.818. The fraction of sp³-hybridized carbons (Fsp3) is 0.583. The second-order valence-corrected chi connectivity index (χ2v) is 4.92. The number of aromatic nitrogens is 2. The van der Waals surface area contributed by atoms with Crippen LogP contribution in [0.25, 0.3) is 0 Å². The van der Waals surface area contributed by atoms with Crippen molar-refractivity contribution in [3.63, 3.8) is 0 Å². The molecular weight excluding hydrogens is 234 g/mol. The Labute approximate surface area is 105 Å². The molecule has 6 nitrogen and oxygen atoms in total. The Morgan fingerprint density at radius 2 is 2.22 bits per heavy atom. The summed E-state index contributed by atoms with van der Waals surface area (Å²) in [4.78, 5) is 27.1. The van der Waals surface area contributed by atoms with Crippen molar-refractivity contribution in [2.45, 2.75) is 38.8 Å². The zero-order valence-electron chi connectivity index (χ0n) is 10.5. The lowest BCUT2D eigenvalue weighted by atomic mass is 10.1. The summed E-state index contributed by atoms with van der Waals surface area (Å²) < 4.78 is 1.62. The van der Waals surface area contributed by atoms with E-state index in [-0.39, 0.29) is 23.3 Å². The van der Waals surface area contributed by atoms with Crippen molar-refractivity contribution >= 4 is 11.8 Å². The molecule has 0 saturated heterocycles. The largest absolute Gasteiger partial charge is 0.480 e. The monoisotopic (exact) mass is 251 g/mol. The summed E-state index contributed by atoms with van der Waals surface area (Å²) in [7, 11) is 0. The number of rotatable bonds is 5. The van der Waals surface area contributed by atoms with Gasteiger partial charge in [-0.25, -0.2) is 9.78 Å². The van der Waals surface area contributed by atoms with Gasteiger partial charge in [0.25, 0.3) is 5.56 Å². The molecule has 1 aromatic heterocycles. The molecule has 0 bridgehead atoms. The second kappa shape index (κ2) is 4.80. The predicted octanol–water partition coefficient (Wildman–Crippen LogP) is 1.10. The van der Waals surface area contributed by atoms with Crippen LogP contribution in [0.4, 0.5) is 5.82 Å². The van der Waals surface area contributed by atoms with Gasteiger partial charge < -0.3 is 15.0 Å². The van der Waals surface area contributed by atoms with E-state index >= 15 is 0 Å². The van der Waals surface area contributed by atoms with Crippen molar-refractivity contribution in [3.05, 3.63) is 22.7 Å². The van der Waals surface area contributed by atoms with Crippen LogP contribution in [0, 0.1) is 5.92 Å². The predicted molar refractivity (Wildman–Crippen MR) is 66.7 cm³/mol. The highest BCUT2D eigenvalue weighted by atomic mass is 16.4. The van der Waals surface area contributed by atoms with E-state index in [4.69, 9.17) is 5.11 Å². The maximum Gasteiger partial charge on any atom is 0.326 e. The van der Waals surface area contributed by atoms with E-state index in [1.165, 1.54) is 6.20 Å². The molecule has 0 amide bonds. The minimum absolute atomic E-state index is 0.116. The van der Waals surface area contributed by atoms with Crippen LogP contribution in [-0.4, -0.2) is 26.7 Å². The highest BCUT2D eigenvalue weighted by Crippen LogP contribution is 2.33. The maximum absolute atomic E-state index is 12.1. The lowest BCUT2D eigenvalue weighted by Crippen LogP contribution is -2.37. The number of carboxylic acids is 1. The average Bonchev–Trinajstić information content (AvgIpc) is 3.10. The number of hydrogen-bond donors (Lipinski definition) is 2. The van der Waals surface area contributed by atoms with Crippen LogP contribution in [-0.2, 0) is 4.79 Å². The van der Waals surface area contributed by atoms with Crippen LogP contribution < -0.4 is 10.9 Å². The molecule has 0 radical (unpaired) electrons. The molecule has 1 aromatic rings. The number of aliphatic carboxylic acids is 1. The maximum atomic E-state index is 12.1. The Hall–Kier alpha value is -1.85. The molecule has 1 saturated carbocycles. The first-order valence-electron chi connectivity index (χ1n) is 6.07. The molecule has 1 aliphatic rings. The van der Waals surface area contributed by atoms with Crippen LogP contribution in [0.2, 0.25) is 0 Å². The fourth-order valence-electron chi connectivity index (χ4n) is 1.82. The fourth-order valence-corrected chi connectivity index (χ4v) is 1.82. The summed E-state index contributed by atoms with van der Waals surface area (Å²) in [5.74, 6) is -0.989. The zero-order valence-corrected chi connectivity index (χ0v) is 10.5. The number of nitrogens with one attached hydrogen (secondary N) is 1. The SMILES string of the molecule is CC(C)C(Nc1nccn(C2CC2)c1=O)C(=O)O. The Morgan fingerprint density at radius 3 is 2.72 bits per heavy atom. The number of hydrogen-bond acceptors (Lipinski definition) is 4. The number of carbonyl (C=O) groups is 1. The summed E-state index contributed by atoms with van der Waals surface area (Å²) in [5.41, 5.74) is -0.244. The number of anilines is 1. The number of nitrogens with zero attached hydrogens (tertiary/aromatic N) is 2. The van der Waals surface area contributed by atoms with Gasteiger partial charge >= 0.3 is 5.97 Å². The highest BCUT2D eigenvalue weighted by Gasteiger charge is 2.27. The van der Waals surface area contributed by atoms with Gasteiger partial charge in [0.2, 0.25) is 0 Å². The van der Waals surface area contributed by atoms with Crippen LogP contribution in [0.5, 0.6) is 0 Å². The third-order valence-electron chi connectivity index (χ3n) is 3.03. The molecule has 1 aliphatic carbocycles. The summed E-state index contributed by atoms with van der Waals surface area (Å²) in [6, 6.07) is -0.552. The molecule has 98 valence electrons. The van der Waals surface area contributed by atoms with Gasteiger partial charge in [0.05, 0.1) is 0 Å². The molecule has 0 spiro atoms. The molecule has 2 rings (SSSR count). The molecule has 1 heterocycles. The van der Waals surface area contributed by atoms with Crippen LogP contribution in [0.3, 0.4) is 0 Å². The van der Waals surface area contributed by atoms with Crippen molar-refractivity contribution < 1.29 is 9.90 Å². The Balaban J connectivity index is 2.25. The van der Waals surface area contributed by atoms with Gasteiger partial charge in [-0.2, -0.15) is 0 Å². The molecular formula is C12H17N3O3. The smallest absolute Gasteiger partial charge is 0.326 e. The molecule has 2 N–H and O–H groups in total.